The maximum atomic E-state index is 12.2. The molecule has 130 valence electrons. The maximum absolute atomic E-state index is 12.2. The van der Waals surface area contributed by atoms with Crippen molar-refractivity contribution in [3.05, 3.63) is 17.7 Å². The van der Waals surface area contributed by atoms with E-state index < -0.39 is 18.9 Å². The average Bonchev–Trinajstić information content (AvgIpc) is 2.92. The van der Waals surface area contributed by atoms with Crippen LogP contribution in [-0.2, 0) is 15.9 Å². The Kier molecular flexibility index (Phi) is 5.51. The number of amides is 1. The van der Waals surface area contributed by atoms with E-state index in [1.165, 1.54) is 0 Å². The Hall–Kier alpha value is -1.77. The summed E-state index contributed by atoms with van der Waals surface area (Å²) in [5.74, 6) is 0.131. The number of ether oxygens (including phenoxy) is 2. The maximum Gasteiger partial charge on any atom is 0.411 e. The summed E-state index contributed by atoms with van der Waals surface area (Å²) in [7, 11) is 0. The second-order valence-corrected chi connectivity index (χ2v) is 5.68. The number of hydrogen-bond acceptors (Lipinski definition) is 4. The van der Waals surface area contributed by atoms with Crippen molar-refractivity contribution in [2.45, 2.75) is 32.5 Å². The molecule has 1 aromatic heterocycles. The summed E-state index contributed by atoms with van der Waals surface area (Å²) in [5, 5.41) is 0. The Balaban J connectivity index is 1.87. The fourth-order valence-corrected chi connectivity index (χ4v) is 2.64. The van der Waals surface area contributed by atoms with Crippen molar-refractivity contribution >= 4 is 6.09 Å². The molecule has 1 aliphatic rings. The number of imidazole rings is 1. The summed E-state index contributed by atoms with van der Waals surface area (Å²) in [4.78, 5) is 21.1. The van der Waals surface area contributed by atoms with Crippen LogP contribution in [0.4, 0.5) is 18.0 Å². The summed E-state index contributed by atoms with van der Waals surface area (Å²) < 4.78 is 45.2. The zero-order chi connectivity index (χ0) is 17.0. The molecule has 0 saturated carbocycles. The molecule has 2 rings (SSSR count). The molecule has 2 heterocycles. The van der Waals surface area contributed by atoms with Gasteiger partial charge in [0, 0.05) is 18.7 Å². The molecule has 9 heteroatoms. The van der Waals surface area contributed by atoms with Crippen molar-refractivity contribution in [1.82, 2.24) is 14.9 Å². The van der Waals surface area contributed by atoms with E-state index in [9.17, 15) is 18.0 Å². The molecule has 6 nitrogen and oxygen atoms in total. The smallest absolute Gasteiger partial charge is 0.411 e. The van der Waals surface area contributed by atoms with E-state index in [1.807, 2.05) is 13.8 Å². The van der Waals surface area contributed by atoms with Crippen LogP contribution in [0.15, 0.2) is 6.33 Å². The molecule has 23 heavy (non-hydrogen) atoms. The van der Waals surface area contributed by atoms with Crippen molar-refractivity contribution < 1.29 is 27.4 Å². The largest absolute Gasteiger partial charge is 0.447 e. The number of fused-ring (bicyclic) bond motifs is 1. The number of halogens is 3. The normalized spacial score (nSPS) is 18.2. The van der Waals surface area contributed by atoms with Gasteiger partial charge in [0.05, 0.1) is 24.7 Å². The van der Waals surface area contributed by atoms with Crippen LogP contribution >= 0.6 is 0 Å². The van der Waals surface area contributed by atoms with Gasteiger partial charge in [-0.25, -0.2) is 9.78 Å². The van der Waals surface area contributed by atoms with E-state index >= 15 is 0 Å². The number of hydrogen-bond donors (Lipinski definition) is 1. The molecule has 1 unspecified atom stereocenters. The molecule has 0 aromatic carbocycles. The Bertz CT molecular complexity index is 531. The van der Waals surface area contributed by atoms with E-state index in [2.05, 4.69) is 14.7 Å². The molecule has 0 bridgehead atoms. The molecule has 1 amide bonds. The first-order valence-electron chi connectivity index (χ1n) is 7.39. The molecular formula is C14H20F3N3O3. The molecule has 0 fully saturated rings. The second kappa shape index (κ2) is 7.20. The molecule has 0 radical (unpaired) electrons. The molecule has 0 saturated heterocycles. The number of nitrogens with zero attached hydrogens (tertiary/aromatic N) is 2. The van der Waals surface area contributed by atoms with Gasteiger partial charge in [-0.15, -0.1) is 0 Å². The van der Waals surface area contributed by atoms with Crippen LogP contribution in [0.3, 0.4) is 0 Å². The third-order valence-electron chi connectivity index (χ3n) is 3.56. The summed E-state index contributed by atoms with van der Waals surface area (Å²) >= 11 is 0. The summed E-state index contributed by atoms with van der Waals surface area (Å²) in [6.07, 6.45) is -2.71. The van der Waals surface area contributed by atoms with Gasteiger partial charge in [0.1, 0.15) is 13.2 Å². The highest BCUT2D eigenvalue weighted by molar-refractivity contribution is 5.68. The van der Waals surface area contributed by atoms with E-state index in [0.29, 0.717) is 13.0 Å². The van der Waals surface area contributed by atoms with Crippen molar-refractivity contribution in [3.63, 3.8) is 0 Å². The lowest BCUT2D eigenvalue weighted by molar-refractivity contribution is -0.175. The number of aromatic nitrogens is 2. The van der Waals surface area contributed by atoms with Crippen LogP contribution in [0.5, 0.6) is 0 Å². The van der Waals surface area contributed by atoms with E-state index in [0.717, 1.165) is 11.4 Å². The number of rotatable bonds is 5. The van der Waals surface area contributed by atoms with Crippen molar-refractivity contribution in [2.75, 3.05) is 26.4 Å². The molecule has 0 aliphatic carbocycles. The van der Waals surface area contributed by atoms with Crippen LogP contribution < -0.4 is 0 Å². The third kappa shape index (κ3) is 4.60. The first-order valence-corrected chi connectivity index (χ1v) is 7.39. The van der Waals surface area contributed by atoms with Gasteiger partial charge in [-0.2, -0.15) is 13.2 Å². The summed E-state index contributed by atoms with van der Waals surface area (Å²) in [6, 6.07) is -0.214. The standard InChI is InChI=1S/C14H20F3N3O3/c1-9(2)12-11-10(18-8-19-11)3-4-20(12)13(21)23-6-5-22-7-14(15,16)17/h8-9,12H,3-7H2,1-2H3,(H,18,19). The fraction of sp³-hybridized carbons (Fsp3) is 0.714. The Morgan fingerprint density at radius 3 is 2.87 bits per heavy atom. The molecule has 0 spiro atoms. The molecule has 1 atom stereocenters. The monoisotopic (exact) mass is 335 g/mol. The molecule has 1 aromatic rings. The van der Waals surface area contributed by atoms with Crippen LogP contribution in [0.1, 0.15) is 31.3 Å². The third-order valence-corrected chi connectivity index (χ3v) is 3.56. The fourth-order valence-electron chi connectivity index (χ4n) is 2.64. The Morgan fingerprint density at radius 1 is 1.48 bits per heavy atom. The van der Waals surface area contributed by atoms with Crippen LogP contribution in [-0.4, -0.2) is 53.5 Å². The topological polar surface area (TPSA) is 67.5 Å². The van der Waals surface area contributed by atoms with E-state index in [-0.39, 0.29) is 25.2 Å². The first-order chi connectivity index (χ1) is 10.8. The molecule has 1 aliphatic heterocycles. The van der Waals surface area contributed by atoms with E-state index in [4.69, 9.17) is 4.74 Å². The first kappa shape index (κ1) is 17.6. The number of H-pyrrole nitrogens is 1. The zero-order valence-electron chi connectivity index (χ0n) is 13.0. The van der Waals surface area contributed by atoms with Gasteiger partial charge in [-0.1, -0.05) is 13.8 Å². The van der Waals surface area contributed by atoms with E-state index in [1.54, 1.807) is 11.2 Å². The van der Waals surface area contributed by atoms with Gasteiger partial charge in [0.15, 0.2) is 0 Å². The average molecular weight is 335 g/mol. The lowest BCUT2D eigenvalue weighted by atomic mass is 9.94. The van der Waals surface area contributed by atoms with Gasteiger partial charge < -0.3 is 14.5 Å². The highest BCUT2D eigenvalue weighted by Crippen LogP contribution is 2.33. The predicted octanol–water partition coefficient (Wildman–Crippen LogP) is 2.68. The number of aromatic amines is 1. The van der Waals surface area contributed by atoms with Gasteiger partial charge in [-0.3, -0.25) is 4.90 Å². The predicted molar refractivity (Wildman–Crippen MR) is 74.8 cm³/mol. The Morgan fingerprint density at radius 2 is 2.22 bits per heavy atom. The van der Waals surface area contributed by atoms with Gasteiger partial charge in [-0.05, 0) is 5.92 Å². The number of carbonyl (C=O) groups excluding carboxylic acids is 1. The van der Waals surface area contributed by atoms with Crippen LogP contribution in [0.2, 0.25) is 0 Å². The number of alkyl halides is 3. The Labute approximate surface area is 132 Å². The lowest BCUT2D eigenvalue weighted by Crippen LogP contribution is -2.43. The van der Waals surface area contributed by atoms with Crippen molar-refractivity contribution in [2.24, 2.45) is 5.92 Å². The highest BCUT2D eigenvalue weighted by Gasteiger charge is 2.35. The highest BCUT2D eigenvalue weighted by atomic mass is 19.4. The number of carbonyl (C=O) groups is 1. The lowest BCUT2D eigenvalue weighted by Gasteiger charge is -2.36. The minimum Gasteiger partial charge on any atom is -0.447 e. The van der Waals surface area contributed by atoms with Gasteiger partial charge in [0.2, 0.25) is 0 Å². The van der Waals surface area contributed by atoms with Crippen LogP contribution in [0, 0.1) is 5.92 Å². The molecular weight excluding hydrogens is 315 g/mol. The SMILES string of the molecule is CC(C)C1c2nc[nH]c2CCN1C(=O)OCCOCC(F)(F)F. The zero-order valence-corrected chi connectivity index (χ0v) is 13.0. The molecule has 1 N–H and O–H groups in total. The number of nitrogens with one attached hydrogen (secondary N) is 1. The second-order valence-electron chi connectivity index (χ2n) is 5.68. The van der Waals surface area contributed by atoms with Gasteiger partial charge in [0.25, 0.3) is 0 Å². The van der Waals surface area contributed by atoms with Gasteiger partial charge >= 0.3 is 12.3 Å². The summed E-state index contributed by atoms with van der Waals surface area (Å²) in [6.45, 7) is 2.56. The summed E-state index contributed by atoms with van der Waals surface area (Å²) in [5.41, 5.74) is 1.82. The minimum absolute atomic E-state index is 0.131. The quantitative estimate of drug-likeness (QED) is 0.840. The van der Waals surface area contributed by atoms with Crippen molar-refractivity contribution in [3.8, 4) is 0 Å². The minimum atomic E-state index is -4.38. The van der Waals surface area contributed by atoms with Crippen LogP contribution in [0.25, 0.3) is 0 Å². The van der Waals surface area contributed by atoms with Crippen molar-refractivity contribution in [1.29, 1.82) is 0 Å².